The Labute approximate surface area is 184 Å². The zero-order valence-electron chi connectivity index (χ0n) is 20.9. The van der Waals surface area contributed by atoms with Crippen molar-refractivity contribution in [1.29, 1.82) is 0 Å². The molecular weight excluding hydrogens is 362 g/mol. The first-order chi connectivity index (χ1) is 14.7. The Kier molecular flexibility index (Phi) is 5.39. The Bertz CT molecular complexity index is 1130. The van der Waals surface area contributed by atoms with Gasteiger partial charge in [0.1, 0.15) is 8.42 Å². The van der Waals surface area contributed by atoms with Gasteiger partial charge in [-0.05, 0) is 84.2 Å². The molecule has 0 unspecified atom stereocenters. The third-order valence-corrected chi connectivity index (χ3v) is 7.21. The maximum absolute atomic E-state index is 8.91. The monoisotopic (exact) mass is 401 g/mol. The van der Waals surface area contributed by atoms with Crippen LogP contribution in [0.25, 0.3) is 22.0 Å². The largest absolute Gasteiger partial charge is 0.220 e. The Morgan fingerprint density at radius 2 is 1.63 bits per heavy atom. The molecule has 4 rings (SSSR count). The molecule has 0 N–H and O–H groups in total. The predicted octanol–water partition coefficient (Wildman–Crippen LogP) is 7.85. The molecule has 158 valence electrons. The van der Waals surface area contributed by atoms with Crippen LogP contribution in [0.3, 0.4) is 0 Å². The molecule has 0 bridgehead atoms. The highest BCUT2D eigenvalue weighted by Gasteiger charge is 2.24. The summed E-state index contributed by atoms with van der Waals surface area (Å²) in [7, 11) is 2.06. The van der Waals surface area contributed by atoms with Gasteiger partial charge >= 0.3 is 0 Å². The molecule has 1 saturated carbocycles. The minimum Gasteiger partial charge on any atom is -0.200 e. The number of hydrogen-bond donors (Lipinski definition) is 0. The Morgan fingerprint density at radius 1 is 0.933 bits per heavy atom. The molecule has 1 aliphatic carbocycles. The molecule has 0 spiro atoms. The van der Waals surface area contributed by atoms with Crippen LogP contribution in [0.5, 0.6) is 0 Å². The van der Waals surface area contributed by atoms with Crippen LogP contribution in [0, 0.1) is 13.8 Å². The summed E-state index contributed by atoms with van der Waals surface area (Å²) in [5, 5.41) is 2.53. The second-order valence-electron chi connectivity index (χ2n) is 10.0. The van der Waals surface area contributed by atoms with Crippen molar-refractivity contribution in [1.82, 2.24) is 0 Å². The zero-order valence-corrected chi connectivity index (χ0v) is 19.9. The van der Waals surface area contributed by atoms with Gasteiger partial charge < -0.3 is 0 Å². The van der Waals surface area contributed by atoms with E-state index in [1.165, 1.54) is 70.0 Å². The summed E-state index contributed by atoms with van der Waals surface area (Å²) in [6.45, 7) is 13.5. The van der Waals surface area contributed by atoms with Crippen molar-refractivity contribution in [3.8, 4) is 11.3 Å². The Morgan fingerprint density at radius 3 is 2.27 bits per heavy atom. The fourth-order valence-electron chi connectivity index (χ4n) is 5.40. The van der Waals surface area contributed by atoms with Gasteiger partial charge in [0, 0.05) is 5.56 Å². The summed E-state index contributed by atoms with van der Waals surface area (Å²) in [5.41, 5.74) is 9.16. The van der Waals surface area contributed by atoms with Gasteiger partial charge in [0.05, 0.1) is 10.9 Å². The van der Waals surface area contributed by atoms with Crippen LogP contribution >= 0.6 is 0 Å². The number of benzene rings is 2. The van der Waals surface area contributed by atoms with Crippen molar-refractivity contribution in [2.45, 2.75) is 85.0 Å². The first kappa shape index (κ1) is 19.8. The van der Waals surface area contributed by atoms with Gasteiger partial charge in [-0.15, -0.1) is 0 Å². The number of rotatable bonds is 4. The maximum Gasteiger partial charge on any atom is 0.220 e. The van der Waals surface area contributed by atoms with Gasteiger partial charge in [-0.25, -0.2) is 4.57 Å². The van der Waals surface area contributed by atoms with Crippen LogP contribution in [-0.4, -0.2) is 0 Å². The lowest BCUT2D eigenvalue weighted by atomic mass is 9.86. The third-order valence-electron chi connectivity index (χ3n) is 7.21. The molecule has 0 amide bonds. The quantitative estimate of drug-likeness (QED) is 0.392. The molecule has 3 aromatic rings. The fraction of sp³-hybridized carbons (Fsp3) is 0.483. The standard InChI is InChI=1S/C29H38N/c1-18(2)24-15-26(19(3)4)21(6)28(16-24)29-25-13-12-23(22-10-8-9-11-22)14-27(25)20(5)17-30(29)7/h12-19,22H,8-11H2,1-7H3/q+1/i17D. The normalized spacial score (nSPS) is 15.6. The molecule has 1 aromatic heterocycles. The lowest BCUT2D eigenvalue weighted by Crippen LogP contribution is -2.32. The summed E-state index contributed by atoms with van der Waals surface area (Å²) >= 11 is 0. The highest BCUT2D eigenvalue weighted by atomic mass is 14.9. The minimum absolute atomic E-state index is 0.475. The molecule has 1 heterocycles. The van der Waals surface area contributed by atoms with E-state index in [-0.39, 0.29) is 0 Å². The molecule has 2 aromatic carbocycles. The average Bonchev–Trinajstić information content (AvgIpc) is 3.27. The number of fused-ring (bicyclic) bond motifs is 1. The van der Waals surface area contributed by atoms with Gasteiger partial charge in [0.15, 0.2) is 6.17 Å². The molecule has 1 aliphatic rings. The molecule has 1 fully saturated rings. The highest BCUT2D eigenvalue weighted by molar-refractivity contribution is 5.96. The predicted molar refractivity (Wildman–Crippen MR) is 129 cm³/mol. The van der Waals surface area contributed by atoms with E-state index in [9.17, 15) is 0 Å². The van der Waals surface area contributed by atoms with Crippen molar-refractivity contribution in [2.24, 2.45) is 7.05 Å². The number of pyridine rings is 1. The summed E-state index contributed by atoms with van der Waals surface area (Å²) < 4.78 is 11.0. The molecule has 30 heavy (non-hydrogen) atoms. The molecule has 0 aliphatic heterocycles. The smallest absolute Gasteiger partial charge is 0.200 e. The number of aromatic nitrogens is 1. The van der Waals surface area contributed by atoms with Gasteiger partial charge in [0.2, 0.25) is 5.69 Å². The molecule has 0 radical (unpaired) electrons. The highest BCUT2D eigenvalue weighted by Crippen LogP contribution is 2.39. The van der Waals surface area contributed by atoms with Crippen LogP contribution in [0.15, 0.2) is 36.5 Å². The average molecular weight is 402 g/mol. The van der Waals surface area contributed by atoms with Crippen LogP contribution in [-0.2, 0) is 7.05 Å². The second kappa shape index (κ2) is 8.17. The molecule has 1 nitrogen and oxygen atoms in total. The lowest BCUT2D eigenvalue weighted by Gasteiger charge is -2.19. The Hall–Kier alpha value is -2.15. The topological polar surface area (TPSA) is 3.88 Å². The molecule has 0 atom stereocenters. The minimum atomic E-state index is 0.475. The van der Waals surface area contributed by atoms with E-state index in [2.05, 4.69) is 83.5 Å². The van der Waals surface area contributed by atoms with Gasteiger partial charge in [0.25, 0.3) is 0 Å². The Balaban J connectivity index is 2.04. The van der Waals surface area contributed by atoms with E-state index in [1.54, 1.807) is 0 Å². The lowest BCUT2D eigenvalue weighted by molar-refractivity contribution is -0.659. The first-order valence-electron chi connectivity index (χ1n) is 12.3. The van der Waals surface area contributed by atoms with E-state index >= 15 is 0 Å². The number of hydrogen-bond acceptors (Lipinski definition) is 0. The van der Waals surface area contributed by atoms with E-state index in [4.69, 9.17) is 1.37 Å². The van der Waals surface area contributed by atoms with Crippen molar-refractivity contribution < 1.29 is 5.94 Å². The molecule has 0 saturated heterocycles. The second-order valence-corrected chi connectivity index (χ2v) is 10.0. The first-order valence-corrected chi connectivity index (χ1v) is 11.8. The molecular formula is C29H38N+. The summed E-state index contributed by atoms with van der Waals surface area (Å²) in [6, 6.07) is 11.9. The summed E-state index contributed by atoms with van der Waals surface area (Å²) in [4.78, 5) is 0. The summed E-state index contributed by atoms with van der Waals surface area (Å²) in [5.74, 6) is 1.64. The SMILES string of the molecule is [2H]c1c(C)c2cc(C3CCCC3)ccc2c(-c2cc(C(C)C)cc(C(C)C)c2C)[n+]1C. The maximum atomic E-state index is 8.91. The van der Waals surface area contributed by atoms with Crippen molar-refractivity contribution in [2.75, 3.05) is 0 Å². The van der Waals surface area contributed by atoms with Gasteiger partial charge in [-0.3, -0.25) is 0 Å². The van der Waals surface area contributed by atoms with Crippen LogP contribution in [0.1, 0.15) is 100 Å². The zero-order chi connectivity index (χ0) is 22.4. The van der Waals surface area contributed by atoms with Gasteiger partial charge in [-0.2, -0.15) is 0 Å². The van der Waals surface area contributed by atoms with Crippen molar-refractivity contribution in [3.05, 3.63) is 64.3 Å². The third kappa shape index (κ3) is 3.68. The van der Waals surface area contributed by atoms with Crippen molar-refractivity contribution >= 4 is 10.8 Å². The van der Waals surface area contributed by atoms with E-state index in [1.807, 2.05) is 0 Å². The van der Waals surface area contributed by atoms with E-state index in [0.717, 1.165) is 5.56 Å². The van der Waals surface area contributed by atoms with Crippen LogP contribution in [0.2, 0.25) is 0 Å². The van der Waals surface area contributed by atoms with Gasteiger partial charge in [-0.1, -0.05) is 58.7 Å². The summed E-state index contributed by atoms with van der Waals surface area (Å²) in [6.07, 6.45) is 5.92. The van der Waals surface area contributed by atoms with Crippen LogP contribution in [0.4, 0.5) is 0 Å². The fourth-order valence-corrected chi connectivity index (χ4v) is 5.40. The number of aryl methyl sites for hydroxylation is 1. The number of nitrogens with zero attached hydrogens (tertiary/aromatic N) is 1. The van der Waals surface area contributed by atoms with E-state index in [0.29, 0.717) is 23.9 Å². The van der Waals surface area contributed by atoms with Crippen LogP contribution < -0.4 is 4.57 Å². The van der Waals surface area contributed by atoms with E-state index < -0.39 is 0 Å². The molecule has 1 heteroatoms. The van der Waals surface area contributed by atoms with Crippen molar-refractivity contribution in [3.63, 3.8) is 0 Å².